The van der Waals surface area contributed by atoms with Crippen LogP contribution in [-0.4, -0.2) is 43.3 Å². The molecule has 1 amide bonds. The molecule has 1 heterocycles. The van der Waals surface area contributed by atoms with Gasteiger partial charge in [0.15, 0.2) is 0 Å². The number of carbonyl (C=O) groups excluding carboxylic acids is 2. The molecule has 0 spiro atoms. The van der Waals surface area contributed by atoms with Crippen LogP contribution in [0.3, 0.4) is 0 Å². The van der Waals surface area contributed by atoms with Crippen molar-refractivity contribution in [2.45, 2.75) is 32.6 Å². The van der Waals surface area contributed by atoms with Gasteiger partial charge in [0.05, 0.1) is 0 Å². The third-order valence-electron chi connectivity index (χ3n) is 3.01. The zero-order chi connectivity index (χ0) is 12.0. The monoisotopic (exact) mass is 226 g/mol. The Labute approximate surface area is 97.4 Å². The number of hydrogen-bond donors (Lipinski definition) is 1. The molecule has 1 rings (SSSR count). The highest BCUT2D eigenvalue weighted by atomic mass is 16.2. The van der Waals surface area contributed by atoms with Crippen molar-refractivity contribution in [3.63, 3.8) is 0 Å². The topological polar surface area (TPSA) is 49.4 Å². The summed E-state index contributed by atoms with van der Waals surface area (Å²) in [6, 6.07) is 0. The van der Waals surface area contributed by atoms with Crippen molar-refractivity contribution in [1.29, 1.82) is 0 Å². The maximum absolute atomic E-state index is 11.4. The Morgan fingerprint density at radius 3 is 2.75 bits per heavy atom. The van der Waals surface area contributed by atoms with Crippen LogP contribution in [-0.2, 0) is 9.59 Å². The fraction of sp³-hybridized carbons (Fsp3) is 0.833. The summed E-state index contributed by atoms with van der Waals surface area (Å²) in [5.41, 5.74) is 0. The number of Topliss-reactive ketones (excluding diaryl/α,β-unsaturated/α-hetero) is 1. The lowest BCUT2D eigenvalue weighted by molar-refractivity contribution is -0.124. The number of likely N-dealkylation sites (tertiary alicyclic amines) is 1. The molecule has 1 atom stereocenters. The van der Waals surface area contributed by atoms with E-state index in [4.69, 9.17) is 0 Å². The van der Waals surface area contributed by atoms with Crippen molar-refractivity contribution in [3.05, 3.63) is 0 Å². The standard InChI is InChI=1S/C12H22N2O2/c1-10(15)5-6-12(16)13-8-11-4-3-7-14(2)9-11/h11H,3-9H2,1-2H3,(H,13,16). The highest BCUT2D eigenvalue weighted by Crippen LogP contribution is 2.13. The molecule has 1 fully saturated rings. The van der Waals surface area contributed by atoms with Crippen molar-refractivity contribution in [2.75, 3.05) is 26.7 Å². The fourth-order valence-electron chi connectivity index (χ4n) is 2.08. The molecule has 1 unspecified atom stereocenters. The van der Waals surface area contributed by atoms with Crippen molar-refractivity contribution in [2.24, 2.45) is 5.92 Å². The molecule has 1 saturated heterocycles. The van der Waals surface area contributed by atoms with Crippen LogP contribution in [0.25, 0.3) is 0 Å². The second kappa shape index (κ2) is 6.63. The number of carbonyl (C=O) groups is 2. The molecule has 1 aliphatic rings. The lowest BCUT2D eigenvalue weighted by Gasteiger charge is -2.29. The minimum atomic E-state index is 0.00317. The number of piperidine rings is 1. The van der Waals surface area contributed by atoms with Gasteiger partial charge in [0, 0.05) is 25.9 Å². The van der Waals surface area contributed by atoms with Crippen molar-refractivity contribution < 1.29 is 9.59 Å². The maximum atomic E-state index is 11.4. The van der Waals surface area contributed by atoms with Crippen LogP contribution in [0.2, 0.25) is 0 Å². The summed E-state index contributed by atoms with van der Waals surface area (Å²) in [6.45, 7) is 4.49. The predicted molar refractivity (Wildman–Crippen MR) is 63.1 cm³/mol. The normalized spacial score (nSPS) is 21.8. The van der Waals surface area contributed by atoms with Gasteiger partial charge in [-0.15, -0.1) is 0 Å². The Hall–Kier alpha value is -0.900. The van der Waals surface area contributed by atoms with Crippen molar-refractivity contribution in [1.82, 2.24) is 10.2 Å². The quantitative estimate of drug-likeness (QED) is 0.755. The van der Waals surface area contributed by atoms with E-state index in [1.807, 2.05) is 0 Å². The number of hydrogen-bond acceptors (Lipinski definition) is 3. The molecule has 0 aromatic heterocycles. The average Bonchev–Trinajstić information content (AvgIpc) is 2.23. The number of ketones is 1. The van der Waals surface area contributed by atoms with Crippen LogP contribution >= 0.6 is 0 Å². The zero-order valence-corrected chi connectivity index (χ0v) is 10.3. The zero-order valence-electron chi connectivity index (χ0n) is 10.3. The first kappa shape index (κ1) is 13.2. The molecule has 0 bridgehead atoms. The van der Waals surface area contributed by atoms with Gasteiger partial charge in [0.2, 0.25) is 5.91 Å². The van der Waals surface area contributed by atoms with Gasteiger partial charge in [0.25, 0.3) is 0 Å². The second-order valence-corrected chi connectivity index (χ2v) is 4.78. The van der Waals surface area contributed by atoms with Gasteiger partial charge in [-0.25, -0.2) is 0 Å². The number of amides is 1. The third-order valence-corrected chi connectivity index (χ3v) is 3.01. The van der Waals surface area contributed by atoms with Gasteiger partial charge in [-0.3, -0.25) is 4.79 Å². The summed E-state index contributed by atoms with van der Waals surface area (Å²) in [5, 5.41) is 2.91. The van der Waals surface area contributed by atoms with Crippen LogP contribution in [0, 0.1) is 5.92 Å². The first-order chi connectivity index (χ1) is 7.58. The largest absolute Gasteiger partial charge is 0.356 e. The molecular weight excluding hydrogens is 204 g/mol. The third kappa shape index (κ3) is 5.26. The fourth-order valence-corrected chi connectivity index (χ4v) is 2.08. The second-order valence-electron chi connectivity index (χ2n) is 4.78. The molecule has 92 valence electrons. The van der Waals surface area contributed by atoms with E-state index < -0.39 is 0 Å². The highest BCUT2D eigenvalue weighted by molar-refractivity contribution is 5.83. The molecule has 16 heavy (non-hydrogen) atoms. The molecule has 0 saturated carbocycles. The van der Waals surface area contributed by atoms with Crippen LogP contribution in [0.15, 0.2) is 0 Å². The molecule has 1 N–H and O–H groups in total. The van der Waals surface area contributed by atoms with E-state index in [2.05, 4.69) is 17.3 Å². The summed E-state index contributed by atoms with van der Waals surface area (Å²) in [4.78, 5) is 24.4. The summed E-state index contributed by atoms with van der Waals surface area (Å²) in [6.07, 6.45) is 3.09. The van der Waals surface area contributed by atoms with Gasteiger partial charge >= 0.3 is 0 Å². The van der Waals surface area contributed by atoms with Crippen molar-refractivity contribution >= 4 is 11.7 Å². The van der Waals surface area contributed by atoms with Crippen LogP contribution in [0.1, 0.15) is 32.6 Å². The van der Waals surface area contributed by atoms with Gasteiger partial charge in [-0.1, -0.05) is 0 Å². The summed E-state index contributed by atoms with van der Waals surface area (Å²) in [5.74, 6) is 0.649. The molecule has 0 aromatic rings. The Morgan fingerprint density at radius 1 is 1.38 bits per heavy atom. The van der Waals surface area contributed by atoms with E-state index in [0.29, 0.717) is 18.8 Å². The maximum Gasteiger partial charge on any atom is 0.220 e. The molecule has 0 aliphatic carbocycles. The van der Waals surface area contributed by atoms with E-state index in [1.165, 1.54) is 19.8 Å². The van der Waals surface area contributed by atoms with E-state index in [1.54, 1.807) is 0 Å². The van der Waals surface area contributed by atoms with E-state index in [-0.39, 0.29) is 11.7 Å². The van der Waals surface area contributed by atoms with Crippen LogP contribution in [0.5, 0.6) is 0 Å². The Morgan fingerprint density at radius 2 is 2.12 bits per heavy atom. The van der Waals surface area contributed by atoms with E-state index in [0.717, 1.165) is 19.6 Å². The summed E-state index contributed by atoms with van der Waals surface area (Å²) in [7, 11) is 2.11. The highest BCUT2D eigenvalue weighted by Gasteiger charge is 2.17. The SMILES string of the molecule is CC(=O)CCC(=O)NCC1CCCN(C)C1. The first-order valence-electron chi connectivity index (χ1n) is 6.02. The average molecular weight is 226 g/mol. The van der Waals surface area contributed by atoms with Gasteiger partial charge in [-0.05, 0) is 39.3 Å². The molecule has 4 nitrogen and oxygen atoms in total. The smallest absolute Gasteiger partial charge is 0.220 e. The summed E-state index contributed by atoms with van der Waals surface area (Å²) < 4.78 is 0. The minimum Gasteiger partial charge on any atom is -0.356 e. The minimum absolute atomic E-state index is 0.00317. The molecule has 1 aliphatic heterocycles. The molecule has 0 radical (unpaired) electrons. The predicted octanol–water partition coefficient (Wildman–Crippen LogP) is 0.814. The number of nitrogens with zero attached hydrogens (tertiary/aromatic N) is 1. The van der Waals surface area contributed by atoms with Crippen LogP contribution in [0.4, 0.5) is 0 Å². The Balaban J connectivity index is 2.13. The van der Waals surface area contributed by atoms with Gasteiger partial charge in [0.1, 0.15) is 5.78 Å². The Kier molecular flexibility index (Phi) is 5.46. The van der Waals surface area contributed by atoms with E-state index in [9.17, 15) is 9.59 Å². The lowest BCUT2D eigenvalue weighted by atomic mass is 9.98. The first-order valence-corrected chi connectivity index (χ1v) is 6.02. The van der Waals surface area contributed by atoms with Crippen molar-refractivity contribution in [3.8, 4) is 0 Å². The molecular formula is C12H22N2O2. The van der Waals surface area contributed by atoms with Gasteiger partial charge in [-0.2, -0.15) is 0 Å². The molecule has 0 aromatic carbocycles. The summed E-state index contributed by atoms with van der Waals surface area (Å²) >= 11 is 0. The van der Waals surface area contributed by atoms with Crippen LogP contribution < -0.4 is 5.32 Å². The number of rotatable bonds is 5. The molecule has 4 heteroatoms. The number of nitrogens with one attached hydrogen (secondary N) is 1. The van der Waals surface area contributed by atoms with E-state index >= 15 is 0 Å². The lowest BCUT2D eigenvalue weighted by Crippen LogP contribution is -2.39. The Bertz CT molecular complexity index is 253. The van der Waals surface area contributed by atoms with Gasteiger partial charge < -0.3 is 15.0 Å².